The first-order valence-electron chi connectivity index (χ1n) is 2.81. The molecule has 0 atom stereocenters. The molecule has 0 aliphatic rings. The van der Waals surface area contributed by atoms with E-state index in [0.717, 1.165) is 3.57 Å². The van der Waals surface area contributed by atoms with Crippen LogP contribution in [0.2, 0.25) is 5.02 Å². The van der Waals surface area contributed by atoms with E-state index in [4.69, 9.17) is 11.6 Å². The van der Waals surface area contributed by atoms with Crippen molar-refractivity contribution in [3.05, 3.63) is 35.3 Å². The summed E-state index contributed by atoms with van der Waals surface area (Å²) in [6, 6.07) is 2.97. The third kappa shape index (κ3) is 2.08. The second-order valence-electron chi connectivity index (χ2n) is 1.98. The molecule has 64 valence electrons. The van der Waals surface area contributed by atoms with Crippen LogP contribution in [-0.4, -0.2) is 4.92 Å². The highest BCUT2D eigenvalue weighted by molar-refractivity contribution is 14.1. The molecule has 1 rings (SSSR count). The first kappa shape index (κ1) is 10.2. The van der Waals surface area contributed by atoms with E-state index in [1.165, 1.54) is 6.07 Å². The minimum absolute atomic E-state index is 0.00750. The Kier molecular flexibility index (Phi) is 3.30. The summed E-state index contributed by atoms with van der Waals surface area (Å²) >= 11 is 10.7. The number of nitrogens with zero attached hydrogens (tertiary/aromatic N) is 1. The highest BCUT2D eigenvalue weighted by Gasteiger charge is 2.15. The summed E-state index contributed by atoms with van der Waals surface area (Å²) in [6.07, 6.45) is 0. The van der Waals surface area contributed by atoms with Gasteiger partial charge in [-0.15, -0.1) is 0 Å². The van der Waals surface area contributed by atoms with E-state index in [1.807, 2.05) is 22.6 Å². The Labute approximate surface area is 95.5 Å². The maximum absolute atomic E-state index is 10.4. The van der Waals surface area contributed by atoms with E-state index in [2.05, 4.69) is 15.9 Å². The van der Waals surface area contributed by atoms with Gasteiger partial charge in [-0.3, -0.25) is 10.1 Å². The predicted octanol–water partition coefficient (Wildman–Crippen LogP) is 3.62. The van der Waals surface area contributed by atoms with Gasteiger partial charge < -0.3 is 0 Å². The van der Waals surface area contributed by atoms with Crippen molar-refractivity contribution in [2.75, 3.05) is 0 Å². The van der Waals surface area contributed by atoms with Crippen LogP contribution < -0.4 is 0 Å². The molecule has 1 aromatic carbocycles. The Balaban J connectivity index is 3.37. The molecule has 0 spiro atoms. The number of rotatable bonds is 1. The number of nitro benzene ring substituents is 1. The maximum Gasteiger partial charge on any atom is 0.286 e. The van der Waals surface area contributed by atoms with E-state index in [0.29, 0.717) is 9.50 Å². The van der Waals surface area contributed by atoms with Crippen molar-refractivity contribution in [2.45, 2.75) is 0 Å². The molecule has 0 bridgehead atoms. The molecule has 0 aliphatic carbocycles. The zero-order valence-electron chi connectivity index (χ0n) is 5.55. The fraction of sp³-hybridized carbons (Fsp3) is 0. The van der Waals surface area contributed by atoms with Crippen LogP contribution in [0, 0.1) is 13.7 Å². The second kappa shape index (κ2) is 3.89. The summed E-state index contributed by atoms with van der Waals surface area (Å²) in [7, 11) is 0. The third-order valence-electron chi connectivity index (χ3n) is 1.17. The molecule has 0 aliphatic heterocycles. The normalized spacial score (nSPS) is 9.92. The summed E-state index contributed by atoms with van der Waals surface area (Å²) in [5, 5.41) is 10.8. The Morgan fingerprint density at radius 1 is 1.58 bits per heavy atom. The van der Waals surface area contributed by atoms with Crippen LogP contribution in [0.5, 0.6) is 0 Å². The lowest BCUT2D eigenvalue weighted by Crippen LogP contribution is -1.90. The van der Waals surface area contributed by atoms with Crippen molar-refractivity contribution >= 4 is 55.8 Å². The lowest BCUT2D eigenvalue weighted by molar-refractivity contribution is -0.385. The van der Waals surface area contributed by atoms with Gasteiger partial charge in [0, 0.05) is 14.7 Å². The number of nitro groups is 1. The standard InChI is InChI=1S/C6H2BrClINO2/c7-6-4(9)1-3(8)2-5(6)10(11)12/h1-2H. The number of hydrogen-bond donors (Lipinski definition) is 0. The molecular formula is C6H2BrClINO2. The summed E-state index contributed by atoms with van der Waals surface area (Å²) in [5.74, 6) is 0. The zero-order valence-corrected chi connectivity index (χ0v) is 10.1. The molecule has 0 saturated carbocycles. The molecule has 0 aromatic heterocycles. The zero-order chi connectivity index (χ0) is 9.30. The van der Waals surface area contributed by atoms with Gasteiger partial charge in [-0.25, -0.2) is 0 Å². The minimum atomic E-state index is -0.474. The molecule has 0 radical (unpaired) electrons. The summed E-state index contributed by atoms with van der Waals surface area (Å²) < 4.78 is 1.20. The molecular weight excluding hydrogens is 360 g/mol. The topological polar surface area (TPSA) is 43.1 Å². The molecule has 0 amide bonds. The smallest absolute Gasteiger partial charge is 0.258 e. The lowest BCUT2D eigenvalue weighted by atomic mass is 10.3. The number of halogens is 3. The Morgan fingerprint density at radius 2 is 2.17 bits per heavy atom. The van der Waals surface area contributed by atoms with Gasteiger partial charge in [-0.1, -0.05) is 11.6 Å². The summed E-state index contributed by atoms with van der Waals surface area (Å²) in [5.41, 5.74) is -0.00750. The van der Waals surface area contributed by atoms with Crippen molar-refractivity contribution in [3.8, 4) is 0 Å². The van der Waals surface area contributed by atoms with E-state index < -0.39 is 4.92 Å². The Bertz CT molecular complexity index is 345. The monoisotopic (exact) mass is 361 g/mol. The van der Waals surface area contributed by atoms with Gasteiger partial charge in [0.1, 0.15) is 4.47 Å². The minimum Gasteiger partial charge on any atom is -0.258 e. The van der Waals surface area contributed by atoms with E-state index >= 15 is 0 Å². The molecule has 1 aromatic rings. The fourth-order valence-electron chi connectivity index (χ4n) is 0.675. The van der Waals surface area contributed by atoms with Gasteiger partial charge >= 0.3 is 0 Å². The highest BCUT2D eigenvalue weighted by Crippen LogP contribution is 2.32. The Hall–Kier alpha value is 0.120. The van der Waals surface area contributed by atoms with Crippen LogP contribution in [0.3, 0.4) is 0 Å². The van der Waals surface area contributed by atoms with Crippen molar-refractivity contribution in [1.29, 1.82) is 0 Å². The first-order chi connectivity index (χ1) is 5.52. The Morgan fingerprint density at radius 3 is 2.67 bits per heavy atom. The van der Waals surface area contributed by atoms with Crippen LogP contribution >= 0.6 is 50.1 Å². The average molecular weight is 362 g/mol. The van der Waals surface area contributed by atoms with Crippen LogP contribution in [0.4, 0.5) is 5.69 Å². The van der Waals surface area contributed by atoms with E-state index in [1.54, 1.807) is 6.07 Å². The van der Waals surface area contributed by atoms with Gasteiger partial charge in [-0.05, 0) is 44.6 Å². The molecule has 0 unspecified atom stereocenters. The van der Waals surface area contributed by atoms with Gasteiger partial charge in [0.2, 0.25) is 0 Å². The van der Waals surface area contributed by atoms with Crippen molar-refractivity contribution in [2.24, 2.45) is 0 Å². The average Bonchev–Trinajstić information content (AvgIpc) is 1.96. The maximum atomic E-state index is 10.4. The molecule has 0 heterocycles. The van der Waals surface area contributed by atoms with Gasteiger partial charge in [0.25, 0.3) is 5.69 Å². The van der Waals surface area contributed by atoms with Crippen LogP contribution in [-0.2, 0) is 0 Å². The molecule has 0 N–H and O–H groups in total. The van der Waals surface area contributed by atoms with Crippen LogP contribution in [0.25, 0.3) is 0 Å². The van der Waals surface area contributed by atoms with E-state index in [9.17, 15) is 10.1 Å². The van der Waals surface area contributed by atoms with Crippen LogP contribution in [0.1, 0.15) is 0 Å². The predicted molar refractivity (Wildman–Crippen MR) is 58.5 cm³/mol. The van der Waals surface area contributed by atoms with Gasteiger partial charge in [0.05, 0.1) is 4.92 Å². The molecule has 0 fully saturated rings. The number of benzene rings is 1. The second-order valence-corrected chi connectivity index (χ2v) is 4.37. The SMILES string of the molecule is O=[N+]([O-])c1cc(Cl)cc(I)c1Br. The molecule has 3 nitrogen and oxygen atoms in total. The van der Waals surface area contributed by atoms with Crippen molar-refractivity contribution in [1.82, 2.24) is 0 Å². The van der Waals surface area contributed by atoms with Crippen LogP contribution in [0.15, 0.2) is 16.6 Å². The van der Waals surface area contributed by atoms with E-state index in [-0.39, 0.29) is 5.69 Å². The summed E-state index contributed by atoms with van der Waals surface area (Å²) in [4.78, 5) is 9.97. The highest BCUT2D eigenvalue weighted by atomic mass is 127. The summed E-state index contributed by atoms with van der Waals surface area (Å²) in [6.45, 7) is 0. The first-order valence-corrected chi connectivity index (χ1v) is 5.06. The quantitative estimate of drug-likeness (QED) is 0.331. The molecule has 12 heavy (non-hydrogen) atoms. The third-order valence-corrected chi connectivity index (χ3v) is 3.81. The van der Waals surface area contributed by atoms with Crippen molar-refractivity contribution in [3.63, 3.8) is 0 Å². The number of hydrogen-bond acceptors (Lipinski definition) is 2. The van der Waals surface area contributed by atoms with Crippen molar-refractivity contribution < 1.29 is 4.92 Å². The van der Waals surface area contributed by atoms with Gasteiger partial charge in [0.15, 0.2) is 0 Å². The van der Waals surface area contributed by atoms with Gasteiger partial charge in [-0.2, -0.15) is 0 Å². The fourth-order valence-corrected chi connectivity index (χ4v) is 2.06. The largest absolute Gasteiger partial charge is 0.286 e. The molecule has 6 heteroatoms. The molecule has 0 saturated heterocycles. The lowest BCUT2D eigenvalue weighted by Gasteiger charge is -1.98.